The first-order chi connectivity index (χ1) is 10.1. The first-order valence-electron chi connectivity index (χ1n) is 6.55. The molecule has 0 radical (unpaired) electrons. The molecule has 3 rings (SSSR count). The van der Waals surface area contributed by atoms with Crippen LogP contribution in [0.15, 0.2) is 30.3 Å². The molecule has 1 aliphatic rings. The van der Waals surface area contributed by atoms with E-state index in [4.69, 9.17) is 21.1 Å². The zero-order valence-corrected chi connectivity index (χ0v) is 13.7. The Morgan fingerprint density at radius 1 is 1.14 bits per heavy atom. The van der Waals surface area contributed by atoms with E-state index in [9.17, 15) is 4.39 Å². The summed E-state index contributed by atoms with van der Waals surface area (Å²) in [4.78, 5) is -0.139. The summed E-state index contributed by atoms with van der Waals surface area (Å²) < 4.78 is 24.6. The van der Waals surface area contributed by atoms with E-state index in [1.54, 1.807) is 13.0 Å². The number of rotatable bonds is 2. The van der Waals surface area contributed by atoms with Gasteiger partial charge in [-0.25, -0.2) is 4.39 Å². The molecule has 0 fully saturated rings. The van der Waals surface area contributed by atoms with Crippen molar-refractivity contribution in [1.29, 1.82) is 0 Å². The van der Waals surface area contributed by atoms with Gasteiger partial charge >= 0.3 is 0 Å². The van der Waals surface area contributed by atoms with E-state index in [0.717, 1.165) is 22.6 Å². The van der Waals surface area contributed by atoms with Crippen molar-refractivity contribution in [3.05, 3.63) is 57.9 Å². The van der Waals surface area contributed by atoms with Crippen molar-refractivity contribution in [1.82, 2.24) is 0 Å². The van der Waals surface area contributed by atoms with E-state index in [0.29, 0.717) is 23.8 Å². The van der Waals surface area contributed by atoms with Crippen molar-refractivity contribution < 1.29 is 13.9 Å². The van der Waals surface area contributed by atoms with Gasteiger partial charge in [-0.05, 0) is 41.8 Å². The largest absolute Gasteiger partial charge is 0.486 e. The second-order valence-electron chi connectivity index (χ2n) is 4.89. The standard InChI is InChI=1S/C16H13BrClFO2/c1-9-6-11(12(18)8-13(9)19)16(17)10-2-3-14-15(7-10)21-5-4-20-14/h2-3,6-8,16H,4-5H2,1H3. The molecule has 1 atom stereocenters. The molecule has 2 aromatic rings. The maximum Gasteiger partial charge on any atom is 0.161 e. The van der Waals surface area contributed by atoms with Crippen LogP contribution in [0.4, 0.5) is 4.39 Å². The molecule has 0 aromatic heterocycles. The minimum Gasteiger partial charge on any atom is -0.486 e. The highest BCUT2D eigenvalue weighted by Gasteiger charge is 2.19. The SMILES string of the molecule is Cc1cc(C(Br)c2ccc3c(c2)OCCO3)c(Cl)cc1F. The Morgan fingerprint density at radius 2 is 1.86 bits per heavy atom. The quantitative estimate of drug-likeness (QED) is 0.688. The van der Waals surface area contributed by atoms with Crippen LogP contribution in [-0.2, 0) is 0 Å². The molecule has 1 unspecified atom stereocenters. The highest BCUT2D eigenvalue weighted by Crippen LogP contribution is 2.40. The average molecular weight is 372 g/mol. The van der Waals surface area contributed by atoms with Gasteiger partial charge in [0.2, 0.25) is 0 Å². The molecule has 0 N–H and O–H groups in total. The first kappa shape index (κ1) is 14.7. The van der Waals surface area contributed by atoms with Gasteiger partial charge in [0.1, 0.15) is 19.0 Å². The fourth-order valence-corrected chi connectivity index (χ4v) is 3.33. The van der Waals surface area contributed by atoms with E-state index in [1.165, 1.54) is 6.07 Å². The maximum absolute atomic E-state index is 13.5. The highest BCUT2D eigenvalue weighted by molar-refractivity contribution is 9.09. The summed E-state index contributed by atoms with van der Waals surface area (Å²) >= 11 is 9.79. The van der Waals surface area contributed by atoms with Crippen molar-refractivity contribution in [2.24, 2.45) is 0 Å². The van der Waals surface area contributed by atoms with Gasteiger partial charge in [-0.2, -0.15) is 0 Å². The van der Waals surface area contributed by atoms with Crippen molar-refractivity contribution in [2.75, 3.05) is 13.2 Å². The van der Waals surface area contributed by atoms with Crippen LogP contribution in [0.3, 0.4) is 0 Å². The third kappa shape index (κ3) is 2.87. The molecule has 0 amide bonds. The summed E-state index contributed by atoms with van der Waals surface area (Å²) in [6.07, 6.45) is 0. The van der Waals surface area contributed by atoms with Crippen molar-refractivity contribution >= 4 is 27.5 Å². The lowest BCUT2D eigenvalue weighted by atomic mass is 10.0. The summed E-state index contributed by atoms with van der Waals surface area (Å²) in [6.45, 7) is 2.82. The van der Waals surface area contributed by atoms with Gasteiger partial charge in [-0.1, -0.05) is 39.7 Å². The van der Waals surface area contributed by atoms with Crippen molar-refractivity contribution in [3.8, 4) is 11.5 Å². The van der Waals surface area contributed by atoms with Gasteiger partial charge in [0.25, 0.3) is 0 Å². The Bertz CT molecular complexity index is 690. The third-order valence-corrected chi connectivity index (χ3v) is 4.76. The van der Waals surface area contributed by atoms with E-state index in [2.05, 4.69) is 15.9 Å². The number of fused-ring (bicyclic) bond motifs is 1. The van der Waals surface area contributed by atoms with Crippen LogP contribution >= 0.6 is 27.5 Å². The van der Waals surface area contributed by atoms with Gasteiger partial charge in [0.05, 0.1) is 4.83 Å². The molecule has 5 heteroatoms. The topological polar surface area (TPSA) is 18.5 Å². The normalized spacial score (nSPS) is 14.9. The number of hydrogen-bond donors (Lipinski definition) is 0. The molecule has 2 aromatic carbocycles. The minimum absolute atomic E-state index is 0.139. The smallest absolute Gasteiger partial charge is 0.161 e. The summed E-state index contributed by atoms with van der Waals surface area (Å²) in [7, 11) is 0. The molecular formula is C16H13BrClFO2. The van der Waals surface area contributed by atoms with E-state index < -0.39 is 0 Å². The molecule has 1 aliphatic heterocycles. The van der Waals surface area contributed by atoms with Crippen LogP contribution in [-0.4, -0.2) is 13.2 Å². The molecule has 0 saturated heterocycles. The second kappa shape index (κ2) is 5.85. The fraction of sp³-hybridized carbons (Fsp3) is 0.250. The predicted molar refractivity (Wildman–Crippen MR) is 84.3 cm³/mol. The summed E-state index contributed by atoms with van der Waals surface area (Å²) in [5.41, 5.74) is 2.37. The molecule has 0 spiro atoms. The van der Waals surface area contributed by atoms with Crippen LogP contribution in [0.25, 0.3) is 0 Å². The first-order valence-corrected chi connectivity index (χ1v) is 7.85. The summed E-state index contributed by atoms with van der Waals surface area (Å²) in [6, 6.07) is 8.85. The Labute approximate surface area is 136 Å². The molecule has 0 aliphatic carbocycles. The molecule has 110 valence electrons. The van der Waals surface area contributed by atoms with Crippen LogP contribution in [0.1, 0.15) is 21.5 Å². The summed E-state index contributed by atoms with van der Waals surface area (Å²) in [5, 5.41) is 0.398. The van der Waals surface area contributed by atoms with Gasteiger partial charge in [0.15, 0.2) is 11.5 Å². The highest BCUT2D eigenvalue weighted by atomic mass is 79.9. The Kier molecular flexibility index (Phi) is 4.09. The molecule has 21 heavy (non-hydrogen) atoms. The van der Waals surface area contributed by atoms with Gasteiger partial charge in [0, 0.05) is 5.02 Å². The second-order valence-corrected chi connectivity index (χ2v) is 6.21. The molecule has 1 heterocycles. The number of ether oxygens (including phenoxy) is 2. The van der Waals surface area contributed by atoms with Crippen LogP contribution in [0, 0.1) is 12.7 Å². The monoisotopic (exact) mass is 370 g/mol. The van der Waals surface area contributed by atoms with Crippen molar-refractivity contribution in [3.63, 3.8) is 0 Å². The van der Waals surface area contributed by atoms with Crippen LogP contribution < -0.4 is 9.47 Å². The minimum atomic E-state index is -0.300. The number of halogens is 3. The van der Waals surface area contributed by atoms with E-state index in [-0.39, 0.29) is 10.6 Å². The molecule has 0 bridgehead atoms. The number of hydrogen-bond acceptors (Lipinski definition) is 2. The number of benzene rings is 2. The van der Waals surface area contributed by atoms with Crippen molar-refractivity contribution in [2.45, 2.75) is 11.8 Å². The van der Waals surface area contributed by atoms with E-state index >= 15 is 0 Å². The third-order valence-electron chi connectivity index (χ3n) is 3.41. The molecular weight excluding hydrogens is 359 g/mol. The fourth-order valence-electron chi connectivity index (χ4n) is 2.27. The summed E-state index contributed by atoms with van der Waals surface area (Å²) in [5.74, 6) is 1.16. The van der Waals surface area contributed by atoms with Gasteiger partial charge in [-0.15, -0.1) is 0 Å². The predicted octanol–water partition coefficient (Wildman–Crippen LogP) is 5.04. The maximum atomic E-state index is 13.5. The molecule has 2 nitrogen and oxygen atoms in total. The van der Waals surface area contributed by atoms with E-state index in [1.807, 2.05) is 18.2 Å². The van der Waals surface area contributed by atoms with Crippen LogP contribution in [0.5, 0.6) is 11.5 Å². The number of alkyl halides is 1. The Balaban J connectivity index is 1.98. The zero-order valence-electron chi connectivity index (χ0n) is 11.3. The lowest BCUT2D eigenvalue weighted by Crippen LogP contribution is -2.15. The van der Waals surface area contributed by atoms with Gasteiger partial charge < -0.3 is 9.47 Å². The van der Waals surface area contributed by atoms with Crippen LogP contribution in [0.2, 0.25) is 5.02 Å². The Hall–Kier alpha value is -1.26. The van der Waals surface area contributed by atoms with Gasteiger partial charge in [-0.3, -0.25) is 0 Å². The lowest BCUT2D eigenvalue weighted by Gasteiger charge is -2.20. The number of aryl methyl sites for hydroxylation is 1. The average Bonchev–Trinajstić information content (AvgIpc) is 2.50. The lowest BCUT2D eigenvalue weighted by molar-refractivity contribution is 0.171. The Morgan fingerprint density at radius 3 is 2.62 bits per heavy atom. The zero-order chi connectivity index (χ0) is 15.0. The molecule has 0 saturated carbocycles.